The lowest BCUT2D eigenvalue weighted by molar-refractivity contribution is 0.103. The van der Waals surface area contributed by atoms with E-state index in [9.17, 15) is 4.79 Å². The molecule has 0 atom stereocenters. The SMILES string of the molecule is COc1cccc(C(=O)c2ccc(O[Si](C)(C)C)cc2)c1[Si](C)C. The van der Waals surface area contributed by atoms with Gasteiger partial charge < -0.3 is 9.16 Å². The van der Waals surface area contributed by atoms with Crippen molar-refractivity contribution in [1.29, 1.82) is 0 Å². The van der Waals surface area contributed by atoms with Crippen LogP contribution in [0.4, 0.5) is 0 Å². The van der Waals surface area contributed by atoms with Crippen LogP contribution in [0.15, 0.2) is 42.5 Å². The van der Waals surface area contributed by atoms with Crippen molar-refractivity contribution < 1.29 is 14.0 Å². The predicted molar refractivity (Wildman–Crippen MR) is 104 cm³/mol. The van der Waals surface area contributed by atoms with Crippen LogP contribution in [0.1, 0.15) is 15.9 Å². The number of carbonyl (C=O) groups is 1. The molecule has 0 aliphatic carbocycles. The van der Waals surface area contributed by atoms with Crippen LogP contribution in [-0.2, 0) is 0 Å². The summed E-state index contributed by atoms with van der Waals surface area (Å²) in [5.41, 5.74) is 1.42. The summed E-state index contributed by atoms with van der Waals surface area (Å²) in [5, 5.41) is 1.05. The first-order valence-electron chi connectivity index (χ1n) is 8.04. The van der Waals surface area contributed by atoms with E-state index in [0.717, 1.165) is 22.2 Å². The zero-order chi connectivity index (χ0) is 17.9. The molecule has 0 saturated carbocycles. The highest BCUT2D eigenvalue weighted by molar-refractivity contribution is 6.73. The molecule has 0 aliphatic heterocycles. The molecule has 0 spiro atoms. The maximum atomic E-state index is 13.0. The minimum absolute atomic E-state index is 0.0367. The zero-order valence-electron chi connectivity index (χ0n) is 15.3. The molecule has 1 radical (unpaired) electrons. The fourth-order valence-corrected chi connectivity index (χ4v) is 4.85. The quantitative estimate of drug-likeness (QED) is 0.577. The van der Waals surface area contributed by atoms with Gasteiger partial charge in [0.15, 0.2) is 5.78 Å². The molecular formula is C19H25O3Si2. The summed E-state index contributed by atoms with van der Waals surface area (Å²) in [6, 6.07) is 13.2. The summed E-state index contributed by atoms with van der Waals surface area (Å²) < 4.78 is 11.4. The number of hydrogen-bond donors (Lipinski definition) is 0. The van der Waals surface area contributed by atoms with Crippen LogP contribution in [-0.4, -0.2) is 30.0 Å². The van der Waals surface area contributed by atoms with Gasteiger partial charge in [-0.1, -0.05) is 25.2 Å². The summed E-state index contributed by atoms with van der Waals surface area (Å²) in [6.45, 7) is 10.8. The standard InChI is InChI=1S/C19H25O3Si2/c1-21-17-9-7-8-16(19(17)23(2)3)18(20)14-10-12-15(13-11-14)22-24(4,5)6/h7-13H,1-6H3. The number of methoxy groups -OCH3 is 1. The predicted octanol–water partition coefficient (Wildman–Crippen LogP) is 4.10. The number of carbonyl (C=O) groups excluding carboxylic acids is 1. The second-order valence-electron chi connectivity index (χ2n) is 6.95. The Labute approximate surface area is 147 Å². The number of ether oxygens (including phenoxy) is 1. The maximum absolute atomic E-state index is 13.0. The fraction of sp³-hybridized carbons (Fsp3) is 0.316. The summed E-state index contributed by atoms with van der Waals surface area (Å²) in [7, 11) is -0.819. The van der Waals surface area contributed by atoms with Crippen LogP contribution in [0.25, 0.3) is 0 Å². The molecule has 0 N–H and O–H groups in total. The lowest BCUT2D eigenvalue weighted by atomic mass is 10.0. The van der Waals surface area contributed by atoms with E-state index in [1.54, 1.807) is 7.11 Å². The molecule has 0 saturated heterocycles. The molecule has 0 amide bonds. The summed E-state index contributed by atoms with van der Waals surface area (Å²) in [4.78, 5) is 13.0. The second-order valence-corrected chi connectivity index (χ2v) is 13.9. The molecule has 127 valence electrons. The topological polar surface area (TPSA) is 35.5 Å². The first kappa shape index (κ1) is 18.5. The largest absolute Gasteiger partial charge is 0.544 e. The Balaban J connectivity index is 2.36. The first-order chi connectivity index (χ1) is 11.2. The van der Waals surface area contributed by atoms with Crippen LogP contribution in [0, 0.1) is 0 Å². The van der Waals surface area contributed by atoms with Gasteiger partial charge in [0.2, 0.25) is 8.32 Å². The van der Waals surface area contributed by atoms with Gasteiger partial charge in [-0.3, -0.25) is 4.79 Å². The number of hydrogen-bond acceptors (Lipinski definition) is 3. The normalized spacial score (nSPS) is 11.5. The number of ketones is 1. The van der Waals surface area contributed by atoms with Gasteiger partial charge in [0.05, 0.1) is 15.9 Å². The van der Waals surface area contributed by atoms with E-state index in [0.29, 0.717) is 5.56 Å². The van der Waals surface area contributed by atoms with Gasteiger partial charge in [-0.2, -0.15) is 0 Å². The molecule has 5 heteroatoms. The van der Waals surface area contributed by atoms with Gasteiger partial charge in [-0.25, -0.2) is 0 Å². The summed E-state index contributed by atoms with van der Waals surface area (Å²) in [6.07, 6.45) is 0. The van der Waals surface area contributed by atoms with Crippen LogP contribution in [0.2, 0.25) is 32.7 Å². The van der Waals surface area contributed by atoms with Crippen molar-refractivity contribution in [2.24, 2.45) is 0 Å². The molecule has 2 aromatic rings. The van der Waals surface area contributed by atoms with E-state index >= 15 is 0 Å². The molecule has 0 unspecified atom stereocenters. The Bertz CT molecular complexity index is 716. The highest BCUT2D eigenvalue weighted by atomic mass is 28.4. The van der Waals surface area contributed by atoms with E-state index in [-0.39, 0.29) is 5.78 Å². The van der Waals surface area contributed by atoms with E-state index in [4.69, 9.17) is 9.16 Å². The number of benzene rings is 2. The summed E-state index contributed by atoms with van der Waals surface area (Å²) in [5.74, 6) is 1.67. The fourth-order valence-electron chi connectivity index (χ4n) is 2.59. The van der Waals surface area contributed by atoms with Gasteiger partial charge in [0.1, 0.15) is 11.5 Å². The van der Waals surface area contributed by atoms with Crippen molar-refractivity contribution >= 4 is 28.1 Å². The average Bonchev–Trinajstić information content (AvgIpc) is 2.52. The molecular weight excluding hydrogens is 332 g/mol. The molecule has 0 fully saturated rings. The van der Waals surface area contributed by atoms with Crippen molar-refractivity contribution in [1.82, 2.24) is 0 Å². The third kappa shape index (κ3) is 4.36. The Morgan fingerprint density at radius 1 is 1.00 bits per heavy atom. The second kappa shape index (κ2) is 7.36. The Kier molecular flexibility index (Phi) is 5.67. The van der Waals surface area contributed by atoms with E-state index < -0.39 is 17.1 Å². The lowest BCUT2D eigenvalue weighted by Crippen LogP contribution is -2.31. The molecule has 0 aromatic heterocycles. The first-order valence-corrected chi connectivity index (χ1v) is 13.9. The number of rotatable bonds is 6. The molecule has 2 rings (SSSR count). The van der Waals surface area contributed by atoms with E-state index in [2.05, 4.69) is 32.7 Å². The van der Waals surface area contributed by atoms with Crippen molar-refractivity contribution in [3.8, 4) is 11.5 Å². The van der Waals surface area contributed by atoms with Crippen LogP contribution in [0.5, 0.6) is 11.5 Å². The maximum Gasteiger partial charge on any atom is 0.242 e. The van der Waals surface area contributed by atoms with Gasteiger partial charge in [0.25, 0.3) is 0 Å². The minimum Gasteiger partial charge on any atom is -0.544 e. The van der Waals surface area contributed by atoms with Gasteiger partial charge >= 0.3 is 0 Å². The molecule has 0 bridgehead atoms. The van der Waals surface area contributed by atoms with Crippen LogP contribution < -0.4 is 14.3 Å². The van der Waals surface area contributed by atoms with Gasteiger partial charge in [-0.15, -0.1) is 0 Å². The molecule has 3 nitrogen and oxygen atoms in total. The van der Waals surface area contributed by atoms with Crippen molar-refractivity contribution in [3.63, 3.8) is 0 Å². The Morgan fingerprint density at radius 2 is 1.62 bits per heavy atom. The zero-order valence-corrected chi connectivity index (χ0v) is 17.3. The lowest BCUT2D eigenvalue weighted by Gasteiger charge is -2.19. The third-order valence-electron chi connectivity index (χ3n) is 3.53. The third-order valence-corrected chi connectivity index (χ3v) is 5.90. The van der Waals surface area contributed by atoms with Crippen LogP contribution >= 0.6 is 0 Å². The smallest absolute Gasteiger partial charge is 0.242 e. The summed E-state index contributed by atoms with van der Waals surface area (Å²) >= 11 is 0. The van der Waals surface area contributed by atoms with Crippen molar-refractivity contribution in [3.05, 3.63) is 53.6 Å². The van der Waals surface area contributed by atoms with Crippen molar-refractivity contribution in [2.45, 2.75) is 32.7 Å². The van der Waals surface area contributed by atoms with E-state index in [1.165, 1.54) is 0 Å². The Morgan fingerprint density at radius 3 is 2.12 bits per heavy atom. The Hall–Kier alpha value is -1.86. The van der Waals surface area contributed by atoms with Gasteiger partial charge in [0, 0.05) is 11.1 Å². The highest BCUT2D eigenvalue weighted by Crippen LogP contribution is 2.20. The monoisotopic (exact) mass is 357 g/mol. The van der Waals surface area contributed by atoms with E-state index in [1.807, 2.05) is 42.5 Å². The molecule has 0 heterocycles. The van der Waals surface area contributed by atoms with Crippen LogP contribution in [0.3, 0.4) is 0 Å². The molecule has 0 aliphatic rings. The van der Waals surface area contributed by atoms with Crippen molar-refractivity contribution in [2.75, 3.05) is 7.11 Å². The molecule has 24 heavy (non-hydrogen) atoms. The molecule has 2 aromatic carbocycles. The van der Waals surface area contributed by atoms with Gasteiger partial charge in [-0.05, 0) is 55.2 Å². The highest BCUT2D eigenvalue weighted by Gasteiger charge is 2.21. The minimum atomic E-state index is -1.64. The average molecular weight is 358 g/mol.